The zero-order chi connectivity index (χ0) is 32.8. The van der Waals surface area contributed by atoms with Crippen LogP contribution in [-0.2, 0) is 32.0 Å². The first-order valence-corrected chi connectivity index (χ1v) is 15.7. The molecule has 0 bridgehead atoms. The lowest BCUT2D eigenvalue weighted by molar-refractivity contribution is -0.135. The largest absolute Gasteiger partial charge is 0.444 e. The zero-order valence-corrected chi connectivity index (χ0v) is 26.5. The minimum atomic E-state index is -1.58. The first kappa shape index (κ1) is 35.5. The van der Waals surface area contributed by atoms with E-state index in [0.717, 1.165) is 36.8 Å². The molecule has 3 rings (SSSR count). The van der Waals surface area contributed by atoms with E-state index < -0.39 is 60.3 Å². The van der Waals surface area contributed by atoms with Crippen molar-refractivity contribution in [2.45, 2.75) is 95.5 Å². The average Bonchev–Trinajstić information content (AvgIpc) is 3.01. The van der Waals surface area contributed by atoms with Gasteiger partial charge in [-0.1, -0.05) is 79.9 Å². The molecule has 1 fully saturated rings. The topological polar surface area (TPSA) is 166 Å². The van der Waals surface area contributed by atoms with Crippen molar-refractivity contribution >= 4 is 23.8 Å². The molecule has 2 aromatic carbocycles. The fourth-order valence-electron chi connectivity index (χ4n) is 5.29. The van der Waals surface area contributed by atoms with Gasteiger partial charge in [-0.05, 0) is 57.1 Å². The molecular formula is C34H48N4O7. The lowest BCUT2D eigenvalue weighted by Gasteiger charge is -2.28. The fraction of sp³-hybridized carbons (Fsp3) is 0.529. The van der Waals surface area contributed by atoms with Gasteiger partial charge in [0.1, 0.15) is 17.7 Å². The van der Waals surface area contributed by atoms with Crippen molar-refractivity contribution in [3.05, 3.63) is 71.8 Å². The molecule has 0 spiro atoms. The quantitative estimate of drug-likeness (QED) is 0.188. The zero-order valence-electron chi connectivity index (χ0n) is 26.5. The molecular weight excluding hydrogens is 576 g/mol. The number of carbonyl (C=O) groups is 4. The van der Waals surface area contributed by atoms with Crippen molar-refractivity contribution < 1.29 is 34.1 Å². The summed E-state index contributed by atoms with van der Waals surface area (Å²) >= 11 is 0. The highest BCUT2D eigenvalue weighted by molar-refractivity contribution is 5.92. The molecule has 0 heterocycles. The molecule has 0 aromatic heterocycles. The average molecular weight is 625 g/mol. The lowest BCUT2D eigenvalue weighted by Crippen LogP contribution is -2.59. The number of benzene rings is 2. The van der Waals surface area contributed by atoms with Gasteiger partial charge in [0.25, 0.3) is 5.91 Å². The van der Waals surface area contributed by atoms with E-state index in [1.54, 1.807) is 45.0 Å². The summed E-state index contributed by atoms with van der Waals surface area (Å²) in [6.45, 7) is 4.78. The van der Waals surface area contributed by atoms with Crippen LogP contribution in [0.15, 0.2) is 60.7 Å². The summed E-state index contributed by atoms with van der Waals surface area (Å²) < 4.78 is 5.33. The first-order chi connectivity index (χ1) is 21.4. The minimum absolute atomic E-state index is 0.0994. The maximum atomic E-state index is 13.4. The number of hydrogen-bond donors (Lipinski definition) is 6. The molecule has 1 aliphatic rings. The van der Waals surface area contributed by atoms with Gasteiger partial charge in [-0.2, -0.15) is 0 Å². The highest BCUT2D eigenvalue weighted by Crippen LogP contribution is 2.22. The van der Waals surface area contributed by atoms with Crippen LogP contribution in [-0.4, -0.2) is 77.0 Å². The Bertz CT molecular complexity index is 1230. The van der Waals surface area contributed by atoms with Crippen LogP contribution in [0, 0.1) is 5.92 Å². The molecule has 2 aromatic rings. The van der Waals surface area contributed by atoms with Gasteiger partial charge in [0.05, 0.1) is 12.6 Å². The third-order valence-electron chi connectivity index (χ3n) is 7.67. The van der Waals surface area contributed by atoms with Gasteiger partial charge < -0.3 is 36.2 Å². The summed E-state index contributed by atoms with van der Waals surface area (Å²) in [6.07, 6.45) is 3.30. The summed E-state index contributed by atoms with van der Waals surface area (Å²) in [4.78, 5) is 52.3. The third-order valence-corrected chi connectivity index (χ3v) is 7.67. The second-order valence-corrected chi connectivity index (χ2v) is 12.6. The van der Waals surface area contributed by atoms with Crippen molar-refractivity contribution in [2.75, 3.05) is 13.2 Å². The summed E-state index contributed by atoms with van der Waals surface area (Å²) in [6, 6.07) is 14.5. The Labute approximate surface area is 265 Å². The highest BCUT2D eigenvalue weighted by atomic mass is 16.6. The Hall–Kier alpha value is -3.96. The van der Waals surface area contributed by atoms with Gasteiger partial charge in [0.15, 0.2) is 6.10 Å². The second kappa shape index (κ2) is 17.5. The molecule has 246 valence electrons. The number of alkyl carbamates (subject to hydrolysis) is 1. The molecule has 3 unspecified atom stereocenters. The number of nitrogens with one attached hydrogen (secondary N) is 4. The second-order valence-electron chi connectivity index (χ2n) is 12.6. The Morgan fingerprint density at radius 2 is 1.33 bits per heavy atom. The lowest BCUT2D eigenvalue weighted by atomic mass is 9.89. The number of aliphatic hydroxyl groups excluding tert-OH is 2. The number of amides is 4. The van der Waals surface area contributed by atoms with Crippen LogP contribution in [0.5, 0.6) is 0 Å². The first-order valence-electron chi connectivity index (χ1n) is 15.7. The summed E-state index contributed by atoms with van der Waals surface area (Å²) in [5.74, 6) is -1.76. The van der Waals surface area contributed by atoms with Crippen molar-refractivity contribution in [1.29, 1.82) is 0 Å². The van der Waals surface area contributed by atoms with Crippen molar-refractivity contribution in [3.8, 4) is 0 Å². The van der Waals surface area contributed by atoms with Gasteiger partial charge in [-0.25, -0.2) is 4.79 Å². The van der Waals surface area contributed by atoms with E-state index in [1.807, 2.05) is 36.4 Å². The van der Waals surface area contributed by atoms with Gasteiger partial charge in [-0.3, -0.25) is 14.4 Å². The maximum Gasteiger partial charge on any atom is 0.408 e. The van der Waals surface area contributed by atoms with Gasteiger partial charge in [-0.15, -0.1) is 0 Å². The maximum absolute atomic E-state index is 13.4. The Kier molecular flexibility index (Phi) is 13.8. The molecule has 0 radical (unpaired) electrons. The molecule has 6 N–H and O–H groups in total. The van der Waals surface area contributed by atoms with Crippen LogP contribution in [0.1, 0.15) is 64.0 Å². The molecule has 45 heavy (non-hydrogen) atoms. The standard InChI is InChI=1S/C34H48N4O7/c1-34(2,3)45-33(44)38-27(20-24-15-9-5-10-16-24)30(41)37-28(22-39)31(42)36-26(19-23-13-7-4-8-14-23)29(40)32(43)35-21-25-17-11-6-12-18-25/h4-5,7-10,13-16,25-29,39-40H,6,11-12,17-22H2,1-3H3,(H,35,43)(H,36,42)(H,37,41)(H,38,44)/t26?,27-,28?,29?/m0/s1. The smallest absolute Gasteiger partial charge is 0.408 e. The van der Waals surface area contributed by atoms with E-state index in [2.05, 4.69) is 21.3 Å². The Morgan fingerprint density at radius 3 is 1.89 bits per heavy atom. The van der Waals surface area contributed by atoms with Crippen LogP contribution in [0.2, 0.25) is 0 Å². The number of rotatable bonds is 14. The van der Waals surface area contributed by atoms with E-state index >= 15 is 0 Å². The number of carbonyl (C=O) groups excluding carboxylic acids is 4. The molecule has 11 nitrogen and oxygen atoms in total. The van der Waals surface area contributed by atoms with Crippen LogP contribution < -0.4 is 21.3 Å². The van der Waals surface area contributed by atoms with E-state index in [1.165, 1.54) is 6.42 Å². The minimum Gasteiger partial charge on any atom is -0.444 e. The number of ether oxygens (including phenoxy) is 1. The van der Waals surface area contributed by atoms with Gasteiger partial charge >= 0.3 is 6.09 Å². The fourth-order valence-corrected chi connectivity index (χ4v) is 5.29. The predicted octanol–water partition coefficient (Wildman–Crippen LogP) is 2.38. The van der Waals surface area contributed by atoms with E-state index in [9.17, 15) is 29.4 Å². The SMILES string of the molecule is CC(C)(C)OC(=O)N[C@@H](Cc1ccccc1)C(=O)NC(CO)C(=O)NC(Cc1ccccc1)C(O)C(=O)NCC1CCCCC1. The third kappa shape index (κ3) is 12.5. The molecule has 0 aliphatic heterocycles. The Balaban J connectivity index is 1.71. The highest BCUT2D eigenvalue weighted by Gasteiger charge is 2.33. The normalized spacial score (nSPS) is 16.4. The monoisotopic (exact) mass is 624 g/mol. The Morgan fingerprint density at radius 1 is 0.778 bits per heavy atom. The number of hydrogen-bond acceptors (Lipinski definition) is 7. The number of aliphatic hydroxyl groups is 2. The van der Waals surface area contributed by atoms with Crippen LogP contribution in [0.25, 0.3) is 0 Å². The summed E-state index contributed by atoms with van der Waals surface area (Å²) in [7, 11) is 0. The van der Waals surface area contributed by atoms with Crippen LogP contribution in [0.4, 0.5) is 4.79 Å². The molecule has 1 saturated carbocycles. The molecule has 1 aliphatic carbocycles. The van der Waals surface area contributed by atoms with Crippen LogP contribution >= 0.6 is 0 Å². The van der Waals surface area contributed by atoms with Crippen molar-refractivity contribution in [1.82, 2.24) is 21.3 Å². The van der Waals surface area contributed by atoms with E-state index in [0.29, 0.717) is 12.5 Å². The van der Waals surface area contributed by atoms with Crippen molar-refractivity contribution in [3.63, 3.8) is 0 Å². The van der Waals surface area contributed by atoms with Crippen LogP contribution in [0.3, 0.4) is 0 Å². The molecule has 4 amide bonds. The van der Waals surface area contributed by atoms with Crippen molar-refractivity contribution in [2.24, 2.45) is 5.92 Å². The van der Waals surface area contributed by atoms with Gasteiger partial charge in [0.2, 0.25) is 11.8 Å². The molecule has 4 atom stereocenters. The van der Waals surface area contributed by atoms with E-state index in [-0.39, 0.29) is 12.8 Å². The molecule has 0 saturated heterocycles. The van der Waals surface area contributed by atoms with Gasteiger partial charge in [0, 0.05) is 13.0 Å². The van der Waals surface area contributed by atoms with E-state index in [4.69, 9.17) is 4.74 Å². The summed E-state index contributed by atoms with van der Waals surface area (Å²) in [5.41, 5.74) is 0.725. The summed E-state index contributed by atoms with van der Waals surface area (Å²) in [5, 5.41) is 31.7. The molecule has 11 heteroatoms. The predicted molar refractivity (Wildman–Crippen MR) is 170 cm³/mol.